The lowest BCUT2D eigenvalue weighted by Crippen LogP contribution is -2.48. The summed E-state index contributed by atoms with van der Waals surface area (Å²) in [7, 11) is 0. The minimum absolute atomic E-state index is 0.198. The number of carbonyl (C=O) groups excluding carboxylic acids is 1. The summed E-state index contributed by atoms with van der Waals surface area (Å²) in [4.78, 5) is 15.2. The highest BCUT2D eigenvalue weighted by molar-refractivity contribution is 5.89. The first-order valence-corrected chi connectivity index (χ1v) is 8.89. The minimum atomic E-state index is -1.08. The van der Waals surface area contributed by atoms with Crippen LogP contribution in [0.15, 0.2) is 36.4 Å². The molecule has 0 atom stereocenters. The standard InChI is InChI=1S/C21H18F2N2O2/c22-16-4-5-18(19(23)10-16)21(6-8-27-9-7-21)20(26)25-12-15-3-1-2-14(11-24)17(15)13-25/h1-5,10H,6-9,12-13H2. The monoisotopic (exact) mass is 368 g/mol. The number of nitriles is 1. The largest absolute Gasteiger partial charge is 0.381 e. The van der Waals surface area contributed by atoms with E-state index in [1.54, 1.807) is 17.0 Å². The van der Waals surface area contributed by atoms with Crippen molar-refractivity contribution in [1.82, 2.24) is 4.90 Å². The molecule has 0 aromatic heterocycles. The van der Waals surface area contributed by atoms with Crippen molar-refractivity contribution >= 4 is 5.91 Å². The molecule has 0 aliphatic carbocycles. The van der Waals surface area contributed by atoms with Crippen LogP contribution in [0.4, 0.5) is 8.78 Å². The highest BCUT2D eigenvalue weighted by Crippen LogP contribution is 2.40. The zero-order valence-corrected chi connectivity index (χ0v) is 14.7. The molecule has 6 heteroatoms. The van der Waals surface area contributed by atoms with Gasteiger partial charge in [-0.25, -0.2) is 8.78 Å². The summed E-state index contributed by atoms with van der Waals surface area (Å²) < 4.78 is 33.4. The van der Waals surface area contributed by atoms with Gasteiger partial charge in [-0.3, -0.25) is 4.79 Å². The molecule has 0 N–H and O–H groups in total. The van der Waals surface area contributed by atoms with Gasteiger partial charge in [0.1, 0.15) is 11.6 Å². The maximum Gasteiger partial charge on any atom is 0.234 e. The van der Waals surface area contributed by atoms with Crippen LogP contribution in [-0.4, -0.2) is 24.0 Å². The Morgan fingerprint density at radius 1 is 1.15 bits per heavy atom. The summed E-state index contributed by atoms with van der Waals surface area (Å²) in [6, 6.07) is 11.0. The molecule has 0 spiro atoms. The lowest BCUT2D eigenvalue weighted by molar-refractivity contribution is -0.142. The van der Waals surface area contributed by atoms with Crippen molar-refractivity contribution in [2.24, 2.45) is 0 Å². The molecule has 0 bridgehead atoms. The maximum absolute atomic E-state index is 14.6. The van der Waals surface area contributed by atoms with Gasteiger partial charge >= 0.3 is 0 Å². The first-order valence-electron chi connectivity index (χ1n) is 8.89. The van der Waals surface area contributed by atoms with E-state index in [0.717, 1.165) is 17.2 Å². The van der Waals surface area contributed by atoms with Gasteiger partial charge in [0, 0.05) is 37.9 Å². The van der Waals surface area contributed by atoms with Gasteiger partial charge in [0.05, 0.1) is 17.0 Å². The van der Waals surface area contributed by atoms with E-state index in [1.807, 2.05) is 6.07 Å². The molecule has 2 aliphatic heterocycles. The second-order valence-corrected chi connectivity index (χ2v) is 7.03. The molecular formula is C21H18F2N2O2. The number of hydrogen-bond acceptors (Lipinski definition) is 3. The quantitative estimate of drug-likeness (QED) is 0.816. The lowest BCUT2D eigenvalue weighted by atomic mass is 9.72. The predicted octanol–water partition coefficient (Wildman–Crippen LogP) is 3.43. The fourth-order valence-corrected chi connectivity index (χ4v) is 4.17. The van der Waals surface area contributed by atoms with Crippen molar-refractivity contribution in [3.05, 3.63) is 70.3 Å². The highest BCUT2D eigenvalue weighted by atomic mass is 19.1. The molecule has 2 aromatic rings. The van der Waals surface area contributed by atoms with Crippen LogP contribution in [0.5, 0.6) is 0 Å². The molecule has 4 rings (SSSR count). The molecule has 138 valence electrons. The van der Waals surface area contributed by atoms with Crippen LogP contribution in [0.3, 0.4) is 0 Å². The van der Waals surface area contributed by atoms with Gasteiger partial charge in [-0.15, -0.1) is 0 Å². The molecule has 4 nitrogen and oxygen atoms in total. The third kappa shape index (κ3) is 2.88. The van der Waals surface area contributed by atoms with Crippen LogP contribution in [0.1, 0.15) is 35.1 Å². The molecule has 1 amide bonds. The second kappa shape index (κ2) is 6.75. The van der Waals surface area contributed by atoms with E-state index in [2.05, 4.69) is 6.07 Å². The van der Waals surface area contributed by atoms with E-state index in [9.17, 15) is 18.8 Å². The SMILES string of the molecule is N#Cc1cccc2c1CN(C(=O)C1(c3ccc(F)cc3F)CCOCC1)C2. The number of rotatable bonds is 2. The molecule has 2 aliphatic rings. The van der Waals surface area contributed by atoms with Crippen LogP contribution < -0.4 is 0 Å². The van der Waals surface area contributed by atoms with Crippen molar-refractivity contribution in [3.63, 3.8) is 0 Å². The number of hydrogen-bond donors (Lipinski definition) is 0. The number of carbonyl (C=O) groups is 1. The summed E-state index contributed by atoms with van der Waals surface area (Å²) in [6.07, 6.45) is 0.679. The molecular weight excluding hydrogens is 350 g/mol. The summed E-state index contributed by atoms with van der Waals surface area (Å²) in [5.74, 6) is -1.57. The Morgan fingerprint density at radius 3 is 2.63 bits per heavy atom. The van der Waals surface area contributed by atoms with Crippen molar-refractivity contribution in [2.75, 3.05) is 13.2 Å². The van der Waals surface area contributed by atoms with Crippen LogP contribution >= 0.6 is 0 Å². The molecule has 0 unspecified atom stereocenters. The number of halogens is 2. The van der Waals surface area contributed by atoms with Crippen LogP contribution in [0, 0.1) is 23.0 Å². The summed E-state index contributed by atoms with van der Waals surface area (Å²) >= 11 is 0. The number of benzene rings is 2. The third-order valence-electron chi connectivity index (χ3n) is 5.59. The molecule has 1 fully saturated rings. The Kier molecular flexibility index (Phi) is 4.40. The predicted molar refractivity (Wildman–Crippen MR) is 93.5 cm³/mol. The Hall–Kier alpha value is -2.78. The summed E-state index contributed by atoms with van der Waals surface area (Å²) in [5.41, 5.74) is 1.47. The van der Waals surface area contributed by atoms with E-state index >= 15 is 0 Å². The lowest BCUT2D eigenvalue weighted by Gasteiger charge is -2.39. The second-order valence-electron chi connectivity index (χ2n) is 7.03. The van der Waals surface area contributed by atoms with E-state index in [4.69, 9.17) is 4.74 Å². The smallest absolute Gasteiger partial charge is 0.234 e. The van der Waals surface area contributed by atoms with Crippen LogP contribution in [0.25, 0.3) is 0 Å². The Balaban J connectivity index is 1.72. The number of ether oxygens (including phenoxy) is 1. The molecule has 2 aromatic carbocycles. The van der Waals surface area contributed by atoms with E-state index in [-0.39, 0.29) is 11.5 Å². The van der Waals surface area contributed by atoms with Gasteiger partial charge in [0.25, 0.3) is 0 Å². The fourth-order valence-electron chi connectivity index (χ4n) is 4.17. The fraction of sp³-hybridized carbons (Fsp3) is 0.333. The summed E-state index contributed by atoms with van der Waals surface area (Å²) in [6.45, 7) is 1.39. The maximum atomic E-state index is 14.6. The van der Waals surface area contributed by atoms with Gasteiger partial charge in [-0.05, 0) is 36.1 Å². The topological polar surface area (TPSA) is 53.3 Å². The number of nitrogens with zero attached hydrogens (tertiary/aromatic N) is 2. The van der Waals surface area contributed by atoms with Crippen LogP contribution in [-0.2, 0) is 28.0 Å². The van der Waals surface area contributed by atoms with Crippen molar-refractivity contribution in [3.8, 4) is 6.07 Å². The zero-order chi connectivity index (χ0) is 19.0. The average Bonchev–Trinajstić information content (AvgIpc) is 3.12. The molecule has 0 saturated carbocycles. The van der Waals surface area contributed by atoms with Crippen LogP contribution in [0.2, 0.25) is 0 Å². The molecule has 1 saturated heterocycles. The highest BCUT2D eigenvalue weighted by Gasteiger charge is 2.46. The molecule has 2 heterocycles. The Morgan fingerprint density at radius 2 is 1.93 bits per heavy atom. The normalized spacial score (nSPS) is 18.0. The van der Waals surface area contributed by atoms with Crippen molar-refractivity contribution in [2.45, 2.75) is 31.3 Å². The number of fused-ring (bicyclic) bond motifs is 1. The number of amides is 1. The van der Waals surface area contributed by atoms with Gasteiger partial charge < -0.3 is 9.64 Å². The van der Waals surface area contributed by atoms with E-state index in [1.165, 1.54) is 12.1 Å². The molecule has 0 radical (unpaired) electrons. The van der Waals surface area contributed by atoms with Gasteiger partial charge in [-0.2, -0.15) is 5.26 Å². The zero-order valence-electron chi connectivity index (χ0n) is 14.7. The average molecular weight is 368 g/mol. The third-order valence-corrected chi connectivity index (χ3v) is 5.59. The minimum Gasteiger partial charge on any atom is -0.381 e. The summed E-state index contributed by atoms with van der Waals surface area (Å²) in [5, 5.41) is 9.31. The first-order chi connectivity index (χ1) is 13.0. The molecule has 27 heavy (non-hydrogen) atoms. The van der Waals surface area contributed by atoms with E-state index < -0.39 is 17.0 Å². The van der Waals surface area contributed by atoms with Gasteiger partial charge in [0.2, 0.25) is 5.91 Å². The Labute approximate surface area is 156 Å². The Bertz CT molecular complexity index is 946. The van der Waals surface area contributed by atoms with E-state index in [0.29, 0.717) is 44.7 Å². The first kappa shape index (κ1) is 17.6. The van der Waals surface area contributed by atoms with Crippen molar-refractivity contribution in [1.29, 1.82) is 5.26 Å². The van der Waals surface area contributed by atoms with Crippen molar-refractivity contribution < 1.29 is 18.3 Å². The van der Waals surface area contributed by atoms with Gasteiger partial charge in [-0.1, -0.05) is 18.2 Å². The van der Waals surface area contributed by atoms with Gasteiger partial charge in [0.15, 0.2) is 0 Å².